The van der Waals surface area contributed by atoms with Gasteiger partial charge in [0.25, 0.3) is 0 Å². The van der Waals surface area contributed by atoms with Crippen LogP contribution in [0.3, 0.4) is 0 Å². The van der Waals surface area contributed by atoms with Gasteiger partial charge in [-0.1, -0.05) is 30.3 Å². The quantitative estimate of drug-likeness (QED) is 0.461. The Balaban J connectivity index is 1.61. The number of hydrogen-bond donors (Lipinski definition) is 3. The number of rotatable bonds is 4. The van der Waals surface area contributed by atoms with Crippen molar-refractivity contribution in [3.63, 3.8) is 0 Å². The number of hydrogen-bond acceptors (Lipinski definition) is 4. The fourth-order valence-electron chi connectivity index (χ4n) is 2.59. The normalized spacial score (nSPS) is 20.1. The molecule has 5 nitrogen and oxygen atoms in total. The first-order valence-electron chi connectivity index (χ1n) is 7.47. The topological polar surface area (TPSA) is 81.9 Å². The molecule has 1 fully saturated rings. The zero-order valence-electron chi connectivity index (χ0n) is 12.7. The third-order valence-corrected chi connectivity index (χ3v) is 4.08. The molecule has 0 heterocycles. The predicted octanol–water partition coefficient (Wildman–Crippen LogP) is 2.74. The zero-order valence-corrected chi connectivity index (χ0v) is 12.7. The van der Waals surface area contributed by atoms with Crippen molar-refractivity contribution in [2.45, 2.75) is 19.3 Å². The van der Waals surface area contributed by atoms with E-state index < -0.39 is 0 Å². The number of nitrogens with zero attached hydrogens (tertiary/aromatic N) is 1. The van der Waals surface area contributed by atoms with Crippen LogP contribution in [0, 0.1) is 5.92 Å². The maximum Gasteiger partial charge on any atom is 0.243 e. The van der Waals surface area contributed by atoms with Crippen LogP contribution in [0.25, 0.3) is 0 Å². The summed E-state index contributed by atoms with van der Waals surface area (Å²) in [7, 11) is 0. The number of amides is 1. The second-order valence-corrected chi connectivity index (χ2v) is 5.74. The molecule has 3 rings (SSSR count). The molecule has 1 amide bonds. The Bertz CT molecular complexity index is 756. The van der Waals surface area contributed by atoms with Crippen LogP contribution in [0.1, 0.15) is 30.4 Å². The number of aromatic hydroxyl groups is 2. The van der Waals surface area contributed by atoms with Gasteiger partial charge in [-0.2, -0.15) is 5.10 Å². The maximum atomic E-state index is 12.1. The summed E-state index contributed by atoms with van der Waals surface area (Å²) in [5.74, 6) is -0.267. The first-order chi connectivity index (χ1) is 11.1. The first-order valence-corrected chi connectivity index (χ1v) is 7.47. The van der Waals surface area contributed by atoms with E-state index in [9.17, 15) is 15.0 Å². The van der Waals surface area contributed by atoms with Crippen molar-refractivity contribution in [2.24, 2.45) is 11.0 Å². The molecule has 2 atom stereocenters. The van der Waals surface area contributed by atoms with Crippen LogP contribution in [-0.2, 0) is 4.79 Å². The van der Waals surface area contributed by atoms with Crippen LogP contribution in [0.15, 0.2) is 53.6 Å². The Labute approximate surface area is 134 Å². The second-order valence-electron chi connectivity index (χ2n) is 5.74. The van der Waals surface area contributed by atoms with Crippen LogP contribution in [-0.4, -0.2) is 21.8 Å². The maximum absolute atomic E-state index is 12.1. The molecular weight excluding hydrogens is 292 g/mol. The van der Waals surface area contributed by atoms with Gasteiger partial charge in [0.1, 0.15) is 0 Å². The van der Waals surface area contributed by atoms with Crippen LogP contribution < -0.4 is 5.43 Å². The third-order valence-electron chi connectivity index (χ3n) is 4.08. The van der Waals surface area contributed by atoms with Crippen molar-refractivity contribution in [1.82, 2.24) is 5.43 Å². The highest BCUT2D eigenvalue weighted by atomic mass is 16.3. The fraction of sp³-hybridized carbons (Fsp3) is 0.222. The van der Waals surface area contributed by atoms with E-state index in [0.29, 0.717) is 11.3 Å². The average molecular weight is 310 g/mol. The van der Waals surface area contributed by atoms with E-state index in [-0.39, 0.29) is 29.2 Å². The number of phenols is 2. The van der Waals surface area contributed by atoms with Gasteiger partial charge in [-0.25, -0.2) is 5.43 Å². The summed E-state index contributed by atoms with van der Waals surface area (Å²) in [5, 5.41) is 22.9. The molecule has 0 aromatic heterocycles. The monoisotopic (exact) mass is 310 g/mol. The lowest BCUT2D eigenvalue weighted by Gasteiger charge is -2.04. The molecule has 0 bridgehead atoms. The predicted molar refractivity (Wildman–Crippen MR) is 87.4 cm³/mol. The molecule has 0 unspecified atom stereocenters. The van der Waals surface area contributed by atoms with Crippen LogP contribution in [0.2, 0.25) is 0 Å². The minimum Gasteiger partial charge on any atom is -0.504 e. The Morgan fingerprint density at radius 2 is 1.87 bits per heavy atom. The summed E-state index contributed by atoms with van der Waals surface area (Å²) in [6.07, 6.45) is 0.838. The van der Waals surface area contributed by atoms with Gasteiger partial charge < -0.3 is 10.2 Å². The first kappa shape index (κ1) is 15.1. The van der Waals surface area contributed by atoms with Gasteiger partial charge in [0.15, 0.2) is 11.5 Å². The average Bonchev–Trinajstić information content (AvgIpc) is 3.36. The Morgan fingerprint density at radius 1 is 1.13 bits per heavy atom. The van der Waals surface area contributed by atoms with E-state index in [1.807, 2.05) is 30.3 Å². The molecule has 2 aromatic rings. The molecule has 1 aliphatic carbocycles. The SMILES string of the molecule is C/C(=N/NC(=O)[C@@H]1C[C@H]1c1ccccc1)c1ccc(O)c(O)c1. The molecule has 0 saturated heterocycles. The van der Waals surface area contributed by atoms with E-state index in [0.717, 1.165) is 6.42 Å². The molecule has 1 aliphatic rings. The molecule has 3 N–H and O–H groups in total. The summed E-state index contributed by atoms with van der Waals surface area (Å²) >= 11 is 0. The van der Waals surface area contributed by atoms with Crippen LogP contribution >= 0.6 is 0 Å². The van der Waals surface area contributed by atoms with E-state index >= 15 is 0 Å². The van der Waals surface area contributed by atoms with Crippen LogP contribution in [0.4, 0.5) is 0 Å². The summed E-state index contributed by atoms with van der Waals surface area (Å²) in [6.45, 7) is 1.73. The fourth-order valence-corrected chi connectivity index (χ4v) is 2.59. The van der Waals surface area contributed by atoms with E-state index in [1.165, 1.54) is 17.7 Å². The number of hydrazone groups is 1. The number of carbonyl (C=O) groups is 1. The van der Waals surface area contributed by atoms with Crippen LogP contribution in [0.5, 0.6) is 11.5 Å². The molecular formula is C18H18N2O3. The van der Waals surface area contributed by atoms with Crippen molar-refractivity contribution in [3.8, 4) is 11.5 Å². The number of benzene rings is 2. The van der Waals surface area contributed by atoms with Gasteiger partial charge in [0, 0.05) is 11.5 Å². The van der Waals surface area contributed by atoms with Crippen molar-refractivity contribution in [2.75, 3.05) is 0 Å². The summed E-state index contributed by atoms with van der Waals surface area (Å²) < 4.78 is 0. The molecule has 0 aliphatic heterocycles. The molecule has 23 heavy (non-hydrogen) atoms. The second kappa shape index (κ2) is 6.12. The number of carbonyl (C=O) groups excluding carboxylic acids is 1. The number of nitrogens with one attached hydrogen (secondary N) is 1. The lowest BCUT2D eigenvalue weighted by atomic mass is 10.1. The number of phenolic OH excluding ortho intramolecular Hbond substituents is 2. The van der Waals surface area contributed by atoms with Gasteiger partial charge in [-0.05, 0) is 43.0 Å². The van der Waals surface area contributed by atoms with E-state index in [1.54, 1.807) is 13.0 Å². The van der Waals surface area contributed by atoms with Gasteiger partial charge in [0.05, 0.1) is 5.71 Å². The molecule has 0 spiro atoms. The summed E-state index contributed by atoms with van der Waals surface area (Å²) in [6, 6.07) is 14.4. The zero-order chi connectivity index (χ0) is 16.4. The summed E-state index contributed by atoms with van der Waals surface area (Å²) in [5.41, 5.74) is 4.96. The highest BCUT2D eigenvalue weighted by Crippen LogP contribution is 2.47. The molecule has 2 aromatic carbocycles. The third kappa shape index (κ3) is 3.34. The van der Waals surface area contributed by atoms with E-state index in [2.05, 4.69) is 10.5 Å². The minimum absolute atomic E-state index is 0.0397. The molecule has 0 radical (unpaired) electrons. The molecule has 1 saturated carbocycles. The Morgan fingerprint density at radius 3 is 2.57 bits per heavy atom. The van der Waals surface area contributed by atoms with Crippen molar-refractivity contribution >= 4 is 11.6 Å². The lowest BCUT2D eigenvalue weighted by molar-refractivity contribution is -0.122. The van der Waals surface area contributed by atoms with Crippen molar-refractivity contribution in [3.05, 3.63) is 59.7 Å². The van der Waals surface area contributed by atoms with Gasteiger partial charge in [-0.15, -0.1) is 0 Å². The van der Waals surface area contributed by atoms with Crippen molar-refractivity contribution < 1.29 is 15.0 Å². The highest BCUT2D eigenvalue weighted by molar-refractivity contribution is 6.00. The van der Waals surface area contributed by atoms with E-state index in [4.69, 9.17) is 0 Å². The minimum atomic E-state index is -0.213. The Kier molecular flexibility index (Phi) is 4.02. The standard InChI is InChI=1S/C18H18N2O3/c1-11(13-7-8-16(21)17(22)9-13)19-20-18(23)15-10-14(15)12-5-3-2-4-6-12/h2-9,14-15,21-22H,10H2,1H3,(H,20,23)/b19-11-/t14-,15+/m0/s1. The highest BCUT2D eigenvalue weighted by Gasteiger charge is 2.43. The van der Waals surface area contributed by atoms with Crippen molar-refractivity contribution in [1.29, 1.82) is 0 Å². The largest absolute Gasteiger partial charge is 0.504 e. The molecule has 118 valence electrons. The summed E-state index contributed by atoms with van der Waals surface area (Å²) in [4.78, 5) is 12.1. The Hall–Kier alpha value is -2.82. The smallest absolute Gasteiger partial charge is 0.243 e. The lowest BCUT2D eigenvalue weighted by Crippen LogP contribution is -2.21. The van der Waals surface area contributed by atoms with Gasteiger partial charge >= 0.3 is 0 Å². The van der Waals surface area contributed by atoms with Gasteiger partial charge in [-0.3, -0.25) is 4.79 Å². The molecule has 5 heteroatoms. The van der Waals surface area contributed by atoms with Gasteiger partial charge in [0.2, 0.25) is 5.91 Å².